The molecular weight excluding hydrogens is 715 g/mol. The zero-order chi connectivity index (χ0) is 40.2. The van der Waals surface area contributed by atoms with Gasteiger partial charge in [0.2, 0.25) is 5.78 Å². The summed E-state index contributed by atoms with van der Waals surface area (Å²) in [5.41, 5.74) is -4.35. The molecular formula is C46H61FO9. The predicted molar refractivity (Wildman–Crippen MR) is 204 cm³/mol. The quantitative estimate of drug-likeness (QED) is 0.248. The van der Waals surface area contributed by atoms with Crippen LogP contribution in [0.5, 0.6) is 0 Å². The molecule has 0 amide bonds. The zero-order valence-electron chi connectivity index (χ0n) is 33.9. The van der Waals surface area contributed by atoms with E-state index in [1.165, 1.54) is 17.7 Å². The molecule has 0 radical (unpaired) electrons. The maximum Gasteiger partial charge on any atom is 0.306 e. The molecule has 56 heavy (non-hydrogen) atoms. The van der Waals surface area contributed by atoms with E-state index in [9.17, 15) is 34.2 Å². The maximum atomic E-state index is 17.5. The third kappa shape index (κ3) is 5.52. The van der Waals surface area contributed by atoms with Gasteiger partial charge in [0.15, 0.2) is 23.8 Å². The molecule has 8 rings (SSSR count). The van der Waals surface area contributed by atoms with Crippen LogP contribution in [-0.4, -0.2) is 69.6 Å². The number of alkyl halides is 1. The van der Waals surface area contributed by atoms with Crippen molar-refractivity contribution in [3.05, 3.63) is 35.5 Å². The molecule has 8 aliphatic rings. The van der Waals surface area contributed by atoms with E-state index >= 15 is 4.39 Å². The molecule has 9 nitrogen and oxygen atoms in total. The van der Waals surface area contributed by atoms with Crippen LogP contribution in [0.3, 0.4) is 0 Å². The summed E-state index contributed by atoms with van der Waals surface area (Å²) in [6.07, 6.45) is 13.5. The molecule has 0 aromatic rings. The van der Waals surface area contributed by atoms with Crippen molar-refractivity contribution in [2.24, 2.45) is 57.2 Å². The van der Waals surface area contributed by atoms with Crippen molar-refractivity contribution in [3.63, 3.8) is 0 Å². The number of carbonyl (C=O) groups is 5. The molecule has 14 atom stereocenters. The summed E-state index contributed by atoms with van der Waals surface area (Å²) in [6.45, 7) is 9.25. The smallest absolute Gasteiger partial charge is 0.306 e. The fourth-order valence-electron chi connectivity index (χ4n) is 14.8. The molecule has 0 saturated heterocycles. The van der Waals surface area contributed by atoms with Crippen LogP contribution in [-0.2, 0) is 33.4 Å². The molecule has 6 fully saturated rings. The average molecular weight is 777 g/mol. The van der Waals surface area contributed by atoms with Gasteiger partial charge < -0.3 is 19.7 Å². The standard InChI is InChI=1S/C46H61FO9/c1-26-21-35-34-12-10-28-23-30(49)16-20-43(28,4)45(34,47)36(50)24-44(35,5)46(26,54)37(51)25-55-39(52)7-6-8-40(53)56-38-14-13-32-31-11-9-27-22-29(48)15-18-41(27,2)33(31)17-19-42(32,38)3/h16,20,22-23,26,31-36,38,50,54H,6-15,17-19,21,24-25H2,1-5H3/t26-,31?,32?,33?,34?,35?,36-,38-,41-,42-,43-,44-,45-,46-/m0/s1. The minimum atomic E-state index is -2.08. The number of ether oxygens (including phenoxy) is 2. The normalized spacial score (nSPS) is 47.6. The Morgan fingerprint density at radius 3 is 2.36 bits per heavy atom. The predicted octanol–water partition coefficient (Wildman–Crippen LogP) is 7.06. The Morgan fingerprint density at radius 1 is 0.857 bits per heavy atom. The van der Waals surface area contributed by atoms with Crippen LogP contribution in [0.2, 0.25) is 0 Å². The summed E-state index contributed by atoms with van der Waals surface area (Å²) in [7, 11) is 0. The Hall–Kier alpha value is -2.98. The lowest BCUT2D eigenvalue weighted by Crippen LogP contribution is -2.69. The van der Waals surface area contributed by atoms with Crippen molar-refractivity contribution >= 4 is 29.3 Å². The molecule has 0 aromatic heterocycles. The Bertz CT molecular complexity index is 1820. The van der Waals surface area contributed by atoms with Gasteiger partial charge in [-0.2, -0.15) is 0 Å². The SMILES string of the molecule is C[C@H]1CC2C3CCC4=CC(=O)C=C[C@]4(C)[C@@]3(F)[C@@H](O)C[C@]2(C)[C@@]1(O)C(=O)COC(=O)CCCC(=O)O[C@H]1CCC2C3CCC4=CC(=O)CC[C@]4(C)C3CC[C@@]21C. The molecule has 306 valence electrons. The first-order valence-electron chi connectivity index (χ1n) is 21.5. The molecule has 8 aliphatic carbocycles. The lowest BCUT2D eigenvalue weighted by molar-refractivity contribution is -0.220. The first-order chi connectivity index (χ1) is 26.3. The summed E-state index contributed by atoms with van der Waals surface area (Å²) in [4.78, 5) is 64.2. The summed E-state index contributed by atoms with van der Waals surface area (Å²) >= 11 is 0. The van der Waals surface area contributed by atoms with E-state index in [4.69, 9.17) is 9.47 Å². The Kier molecular flexibility index (Phi) is 9.63. The number of hydrogen-bond donors (Lipinski definition) is 2. The van der Waals surface area contributed by atoms with Gasteiger partial charge in [0, 0.05) is 41.4 Å². The molecule has 0 spiro atoms. The van der Waals surface area contributed by atoms with E-state index in [1.54, 1.807) is 26.8 Å². The zero-order valence-corrected chi connectivity index (χ0v) is 33.9. The van der Waals surface area contributed by atoms with E-state index in [0.717, 1.165) is 44.9 Å². The number of hydrogen-bond acceptors (Lipinski definition) is 9. The fourth-order valence-corrected chi connectivity index (χ4v) is 14.8. The van der Waals surface area contributed by atoms with Gasteiger partial charge in [-0.15, -0.1) is 0 Å². The van der Waals surface area contributed by atoms with Gasteiger partial charge in [0.05, 0.1) is 6.10 Å². The highest BCUT2D eigenvalue weighted by molar-refractivity contribution is 6.01. The van der Waals surface area contributed by atoms with E-state index in [-0.39, 0.29) is 60.2 Å². The molecule has 0 aliphatic heterocycles. The van der Waals surface area contributed by atoms with Gasteiger partial charge in [-0.25, -0.2) is 4.39 Å². The molecule has 2 N–H and O–H groups in total. The second-order valence-corrected chi connectivity index (χ2v) is 20.2. The van der Waals surface area contributed by atoms with Crippen molar-refractivity contribution in [1.29, 1.82) is 0 Å². The van der Waals surface area contributed by atoms with Gasteiger partial charge in [0.1, 0.15) is 11.7 Å². The van der Waals surface area contributed by atoms with Crippen molar-refractivity contribution in [3.8, 4) is 0 Å². The summed E-state index contributed by atoms with van der Waals surface area (Å²) in [5, 5.41) is 23.8. The largest absolute Gasteiger partial charge is 0.462 e. The van der Waals surface area contributed by atoms with Crippen molar-refractivity contribution < 1.29 is 48.0 Å². The minimum Gasteiger partial charge on any atom is -0.462 e. The third-order valence-electron chi connectivity index (χ3n) is 17.9. The summed E-state index contributed by atoms with van der Waals surface area (Å²) in [5.74, 6) is -1.63. The Morgan fingerprint density at radius 2 is 1.59 bits per heavy atom. The number of Topliss-reactive ketones (excluding diaryl/α,β-unsaturated/α-hetero) is 1. The van der Waals surface area contributed by atoms with E-state index in [1.807, 2.05) is 6.08 Å². The molecule has 6 saturated carbocycles. The van der Waals surface area contributed by atoms with Crippen molar-refractivity contribution in [2.45, 2.75) is 154 Å². The first-order valence-corrected chi connectivity index (χ1v) is 21.5. The number of aliphatic hydroxyl groups is 2. The average Bonchev–Trinajstić information content (AvgIpc) is 3.58. The molecule has 0 aromatic carbocycles. The van der Waals surface area contributed by atoms with Gasteiger partial charge >= 0.3 is 11.9 Å². The van der Waals surface area contributed by atoms with Crippen molar-refractivity contribution in [1.82, 2.24) is 0 Å². The molecule has 5 unspecified atom stereocenters. The van der Waals surface area contributed by atoms with Crippen molar-refractivity contribution in [2.75, 3.05) is 6.61 Å². The van der Waals surface area contributed by atoms with Gasteiger partial charge in [-0.3, -0.25) is 24.0 Å². The van der Waals surface area contributed by atoms with Gasteiger partial charge in [0.25, 0.3) is 0 Å². The number of allylic oxidation sites excluding steroid dienone is 5. The number of carbonyl (C=O) groups excluding carboxylic acids is 5. The van der Waals surface area contributed by atoms with Crippen LogP contribution in [0, 0.1) is 57.2 Å². The van der Waals surface area contributed by atoms with Gasteiger partial charge in [-0.05, 0) is 137 Å². The number of esters is 2. The highest BCUT2D eigenvalue weighted by atomic mass is 19.1. The van der Waals surface area contributed by atoms with Crippen LogP contribution >= 0.6 is 0 Å². The maximum absolute atomic E-state index is 17.5. The highest BCUT2D eigenvalue weighted by Crippen LogP contribution is 2.71. The van der Waals surface area contributed by atoms with Crippen LogP contribution in [0.4, 0.5) is 4.39 Å². The third-order valence-corrected chi connectivity index (χ3v) is 17.9. The minimum absolute atomic E-state index is 0.0523. The topological polar surface area (TPSA) is 144 Å². The highest BCUT2D eigenvalue weighted by Gasteiger charge is 2.75. The van der Waals surface area contributed by atoms with E-state index in [2.05, 4.69) is 13.8 Å². The van der Waals surface area contributed by atoms with Crippen LogP contribution < -0.4 is 0 Å². The Balaban J connectivity index is 0.837. The van der Waals surface area contributed by atoms with Gasteiger partial charge in [-0.1, -0.05) is 44.9 Å². The first kappa shape index (κ1) is 39.8. The summed E-state index contributed by atoms with van der Waals surface area (Å²) in [6, 6.07) is 0. The molecule has 0 bridgehead atoms. The van der Waals surface area contributed by atoms with Crippen LogP contribution in [0.15, 0.2) is 35.5 Å². The van der Waals surface area contributed by atoms with Crippen LogP contribution in [0.1, 0.15) is 131 Å². The fraction of sp³-hybridized carbons (Fsp3) is 0.761. The lowest BCUT2D eigenvalue weighted by atomic mass is 9.44. The number of rotatable bonds is 8. The number of ketones is 3. The van der Waals surface area contributed by atoms with E-state index in [0.29, 0.717) is 49.0 Å². The molecule has 10 heteroatoms. The number of aliphatic hydroxyl groups excluding tert-OH is 1. The Labute approximate surface area is 330 Å². The van der Waals surface area contributed by atoms with Crippen LogP contribution in [0.25, 0.3) is 0 Å². The number of fused-ring (bicyclic) bond motifs is 10. The number of halogens is 1. The second kappa shape index (κ2) is 13.5. The second-order valence-electron chi connectivity index (χ2n) is 20.2. The van der Waals surface area contributed by atoms with E-state index < -0.39 is 64.3 Å². The molecule has 0 heterocycles. The summed E-state index contributed by atoms with van der Waals surface area (Å²) < 4.78 is 29.0. The monoisotopic (exact) mass is 776 g/mol. The lowest BCUT2D eigenvalue weighted by Gasteiger charge is -2.62.